The highest BCUT2D eigenvalue weighted by molar-refractivity contribution is 8.00. The zero-order chi connectivity index (χ0) is 14.7. The third kappa shape index (κ3) is 3.41. The molecular formula is C12H15N5O2S2. The highest BCUT2D eigenvalue weighted by Crippen LogP contribution is 2.31. The maximum atomic E-state index is 12.0. The lowest BCUT2D eigenvalue weighted by Crippen LogP contribution is -2.14. The van der Waals surface area contributed by atoms with Crippen LogP contribution in [0.2, 0.25) is 0 Å². The lowest BCUT2D eigenvalue weighted by atomic mass is 9.89. The molecule has 1 fully saturated rings. The van der Waals surface area contributed by atoms with E-state index in [0.29, 0.717) is 11.0 Å². The van der Waals surface area contributed by atoms with E-state index in [1.165, 1.54) is 42.4 Å². The minimum atomic E-state index is -0.412. The van der Waals surface area contributed by atoms with Gasteiger partial charge in [0.05, 0.1) is 0 Å². The molecule has 9 heteroatoms. The molecule has 2 aromatic heterocycles. The van der Waals surface area contributed by atoms with Crippen LogP contribution in [0.25, 0.3) is 0 Å². The van der Waals surface area contributed by atoms with Crippen molar-refractivity contribution in [2.24, 2.45) is 0 Å². The fraction of sp³-hybridized carbons (Fsp3) is 0.583. The highest BCUT2D eigenvalue weighted by atomic mass is 32.2. The van der Waals surface area contributed by atoms with Crippen molar-refractivity contribution in [1.82, 2.24) is 20.3 Å². The average molecular weight is 325 g/mol. The molecule has 21 heavy (non-hydrogen) atoms. The Hall–Kier alpha value is -1.48. The van der Waals surface area contributed by atoms with E-state index in [-0.39, 0.29) is 11.7 Å². The Labute approximate surface area is 129 Å². The van der Waals surface area contributed by atoms with Crippen molar-refractivity contribution in [3.05, 3.63) is 11.7 Å². The molecule has 2 heterocycles. The smallest absolute Gasteiger partial charge is 0.298 e. The number of rotatable bonds is 4. The SMILES string of the molecule is CSc1nnc(NC(=O)c2noc(C3CCCCC3)n2)s1. The Kier molecular flexibility index (Phi) is 4.49. The third-order valence-electron chi connectivity index (χ3n) is 3.40. The maximum absolute atomic E-state index is 12.0. The minimum Gasteiger partial charge on any atom is -0.338 e. The van der Waals surface area contributed by atoms with Crippen molar-refractivity contribution in [2.75, 3.05) is 11.6 Å². The number of carbonyl (C=O) groups is 1. The quantitative estimate of drug-likeness (QED) is 0.682. The number of amides is 1. The second kappa shape index (κ2) is 6.52. The van der Waals surface area contributed by atoms with Crippen LogP contribution in [0, 0.1) is 0 Å². The van der Waals surface area contributed by atoms with Crippen LogP contribution in [0.15, 0.2) is 8.86 Å². The van der Waals surface area contributed by atoms with Crippen LogP contribution in [-0.4, -0.2) is 32.5 Å². The van der Waals surface area contributed by atoms with Crippen molar-refractivity contribution < 1.29 is 9.32 Å². The molecule has 0 saturated heterocycles. The fourth-order valence-corrected chi connectivity index (χ4v) is 3.50. The first-order valence-corrected chi connectivity index (χ1v) is 8.83. The summed E-state index contributed by atoms with van der Waals surface area (Å²) < 4.78 is 6.02. The molecule has 0 spiro atoms. The molecular weight excluding hydrogens is 310 g/mol. The number of hydrogen-bond donors (Lipinski definition) is 1. The van der Waals surface area contributed by atoms with Crippen molar-refractivity contribution in [3.63, 3.8) is 0 Å². The zero-order valence-electron chi connectivity index (χ0n) is 11.5. The predicted octanol–water partition coefficient (Wildman–Crippen LogP) is 2.94. The molecule has 112 valence electrons. The van der Waals surface area contributed by atoms with Crippen LogP contribution in [0.3, 0.4) is 0 Å². The van der Waals surface area contributed by atoms with Gasteiger partial charge in [-0.15, -0.1) is 10.2 Å². The number of aromatic nitrogens is 4. The van der Waals surface area contributed by atoms with Crippen LogP contribution in [0.5, 0.6) is 0 Å². The van der Waals surface area contributed by atoms with Gasteiger partial charge in [0.25, 0.3) is 11.7 Å². The molecule has 2 aromatic rings. The van der Waals surface area contributed by atoms with E-state index in [1.807, 2.05) is 6.26 Å². The molecule has 1 amide bonds. The normalized spacial score (nSPS) is 16.0. The number of carbonyl (C=O) groups excluding carboxylic acids is 1. The van der Waals surface area contributed by atoms with E-state index in [9.17, 15) is 4.79 Å². The van der Waals surface area contributed by atoms with E-state index in [1.54, 1.807) is 0 Å². The van der Waals surface area contributed by atoms with E-state index in [0.717, 1.165) is 17.2 Å². The van der Waals surface area contributed by atoms with Gasteiger partial charge in [0.1, 0.15) is 0 Å². The van der Waals surface area contributed by atoms with Gasteiger partial charge in [0.15, 0.2) is 4.34 Å². The summed E-state index contributed by atoms with van der Waals surface area (Å²) in [4.78, 5) is 16.3. The topological polar surface area (TPSA) is 93.8 Å². The molecule has 0 atom stereocenters. The number of hydrogen-bond acceptors (Lipinski definition) is 8. The molecule has 0 aromatic carbocycles. The van der Waals surface area contributed by atoms with Gasteiger partial charge in [-0.05, 0) is 19.1 Å². The van der Waals surface area contributed by atoms with Gasteiger partial charge in [-0.2, -0.15) is 4.98 Å². The van der Waals surface area contributed by atoms with Crippen LogP contribution in [0.1, 0.15) is 54.5 Å². The van der Waals surface area contributed by atoms with Gasteiger partial charge in [-0.25, -0.2) is 0 Å². The van der Waals surface area contributed by atoms with Crippen LogP contribution < -0.4 is 5.32 Å². The molecule has 3 rings (SSSR count). The van der Waals surface area contributed by atoms with Crippen molar-refractivity contribution in [1.29, 1.82) is 0 Å². The number of thioether (sulfide) groups is 1. The lowest BCUT2D eigenvalue weighted by molar-refractivity contribution is 0.101. The first kappa shape index (κ1) is 14.5. The predicted molar refractivity (Wildman–Crippen MR) is 79.8 cm³/mol. The van der Waals surface area contributed by atoms with E-state index < -0.39 is 5.91 Å². The third-order valence-corrected chi connectivity index (χ3v) is 5.22. The average Bonchev–Trinajstić information content (AvgIpc) is 3.17. The monoisotopic (exact) mass is 325 g/mol. The van der Waals surface area contributed by atoms with Crippen LogP contribution in [0.4, 0.5) is 5.13 Å². The number of anilines is 1. The number of nitrogens with one attached hydrogen (secondary N) is 1. The van der Waals surface area contributed by atoms with Gasteiger partial charge >= 0.3 is 0 Å². The van der Waals surface area contributed by atoms with E-state index >= 15 is 0 Å². The summed E-state index contributed by atoms with van der Waals surface area (Å²) in [6, 6.07) is 0. The first-order valence-electron chi connectivity index (χ1n) is 6.78. The maximum Gasteiger partial charge on any atom is 0.298 e. The van der Waals surface area contributed by atoms with Crippen molar-refractivity contribution >= 4 is 34.1 Å². The number of nitrogens with zero attached hydrogens (tertiary/aromatic N) is 4. The summed E-state index contributed by atoms with van der Waals surface area (Å²) in [5.74, 6) is 0.500. The van der Waals surface area contributed by atoms with Gasteiger partial charge in [-0.3, -0.25) is 10.1 Å². The summed E-state index contributed by atoms with van der Waals surface area (Å²) in [5, 5.41) is 14.6. The second-order valence-electron chi connectivity index (χ2n) is 4.82. The lowest BCUT2D eigenvalue weighted by Gasteiger charge is -2.17. The van der Waals surface area contributed by atoms with Gasteiger partial charge in [-0.1, -0.05) is 47.5 Å². The summed E-state index contributed by atoms with van der Waals surface area (Å²) in [5.41, 5.74) is 0. The van der Waals surface area contributed by atoms with Crippen molar-refractivity contribution in [2.45, 2.75) is 42.4 Å². The van der Waals surface area contributed by atoms with E-state index in [2.05, 4.69) is 25.7 Å². The molecule has 0 aliphatic heterocycles. The molecule has 0 unspecified atom stereocenters. The summed E-state index contributed by atoms with van der Waals surface area (Å²) in [6.45, 7) is 0. The molecule has 7 nitrogen and oxygen atoms in total. The van der Waals surface area contributed by atoms with Gasteiger partial charge < -0.3 is 4.52 Å². The largest absolute Gasteiger partial charge is 0.338 e. The molecule has 1 aliphatic carbocycles. The minimum absolute atomic E-state index is 0.0523. The molecule has 1 N–H and O–H groups in total. The van der Waals surface area contributed by atoms with E-state index in [4.69, 9.17) is 4.52 Å². The molecule has 1 saturated carbocycles. The zero-order valence-corrected chi connectivity index (χ0v) is 13.2. The summed E-state index contributed by atoms with van der Waals surface area (Å²) >= 11 is 2.79. The standard InChI is InChI=1S/C12H15N5O2S2/c1-20-12-16-15-11(21-12)14-9(18)8-13-10(19-17-8)7-5-3-2-4-6-7/h7H,2-6H2,1H3,(H,14,15,18). The summed E-state index contributed by atoms with van der Waals surface area (Å²) in [6.07, 6.45) is 7.62. The fourth-order valence-electron chi connectivity index (χ4n) is 2.34. The van der Waals surface area contributed by atoms with Crippen LogP contribution >= 0.6 is 23.1 Å². The Morgan fingerprint density at radius 1 is 1.33 bits per heavy atom. The highest BCUT2D eigenvalue weighted by Gasteiger charge is 2.24. The molecule has 0 bridgehead atoms. The molecule has 0 radical (unpaired) electrons. The van der Waals surface area contributed by atoms with Crippen molar-refractivity contribution in [3.8, 4) is 0 Å². The van der Waals surface area contributed by atoms with Crippen LogP contribution in [-0.2, 0) is 0 Å². The first-order chi connectivity index (χ1) is 10.3. The van der Waals surface area contributed by atoms with Gasteiger partial charge in [0, 0.05) is 5.92 Å². The Bertz CT molecular complexity index is 621. The Balaban J connectivity index is 1.66. The summed E-state index contributed by atoms with van der Waals surface area (Å²) in [7, 11) is 0. The molecule has 1 aliphatic rings. The Morgan fingerprint density at radius 3 is 2.86 bits per heavy atom. The van der Waals surface area contributed by atoms with Gasteiger partial charge in [0.2, 0.25) is 11.0 Å². The second-order valence-corrected chi connectivity index (χ2v) is 6.85. The Morgan fingerprint density at radius 2 is 2.14 bits per heavy atom.